The van der Waals surface area contributed by atoms with E-state index in [0.29, 0.717) is 5.95 Å². The van der Waals surface area contributed by atoms with Crippen LogP contribution in [0.3, 0.4) is 0 Å². The Labute approximate surface area is 333 Å². The van der Waals surface area contributed by atoms with Crippen molar-refractivity contribution in [3.05, 3.63) is 193 Å². The molecule has 0 amide bonds. The minimum atomic E-state index is 0.673. The van der Waals surface area contributed by atoms with Gasteiger partial charge in [0, 0.05) is 48.8 Å². The van der Waals surface area contributed by atoms with Crippen LogP contribution in [0.1, 0.15) is 24.1 Å². The molecule has 0 N–H and O–H groups in total. The van der Waals surface area contributed by atoms with Crippen LogP contribution < -0.4 is 0 Å². The first kappa shape index (κ1) is 32.6. The number of hydrogen-bond acceptors (Lipinski definition) is 4. The zero-order chi connectivity index (χ0) is 38.2. The Balaban J connectivity index is 1.00. The lowest BCUT2D eigenvalue weighted by Crippen LogP contribution is -2.06. The Kier molecular flexibility index (Phi) is 7.29. The number of furan rings is 1. The van der Waals surface area contributed by atoms with Crippen molar-refractivity contribution < 1.29 is 4.42 Å². The van der Waals surface area contributed by atoms with Crippen LogP contribution in [0.4, 0.5) is 0 Å². The Morgan fingerprint density at radius 1 is 0.414 bits per heavy atom. The quantitative estimate of drug-likeness (QED) is 0.165. The molecule has 4 aromatic heterocycles. The second-order valence-electron chi connectivity index (χ2n) is 15.1. The molecule has 11 aromatic rings. The van der Waals surface area contributed by atoms with Crippen LogP contribution in [-0.4, -0.2) is 19.5 Å². The van der Waals surface area contributed by atoms with E-state index in [-0.39, 0.29) is 0 Å². The fourth-order valence-electron chi connectivity index (χ4n) is 9.01. The summed E-state index contributed by atoms with van der Waals surface area (Å²) in [5, 5.41) is 8.04. The number of hydrogen-bond donors (Lipinski definition) is 0. The van der Waals surface area contributed by atoms with E-state index in [1.54, 1.807) is 0 Å². The van der Waals surface area contributed by atoms with Gasteiger partial charge in [-0.25, -0.2) is 15.0 Å². The molecule has 0 unspecified atom stereocenters. The molecule has 0 bridgehead atoms. The average Bonchev–Trinajstić information content (AvgIpc) is 3.85. The summed E-state index contributed by atoms with van der Waals surface area (Å²) < 4.78 is 8.76. The summed E-state index contributed by atoms with van der Waals surface area (Å²) in [7, 11) is 0. The Morgan fingerprint density at radius 3 is 1.78 bits per heavy atom. The Hall–Kier alpha value is -7.63. The molecule has 5 nitrogen and oxygen atoms in total. The zero-order valence-electron chi connectivity index (χ0n) is 31.4. The predicted molar refractivity (Wildman–Crippen MR) is 239 cm³/mol. The molecule has 0 radical (unpaired) electrons. The first-order valence-electron chi connectivity index (χ1n) is 19.8. The molecule has 0 saturated heterocycles. The largest absolute Gasteiger partial charge is 0.456 e. The molecule has 0 spiro atoms. The minimum Gasteiger partial charge on any atom is -0.456 e. The summed E-state index contributed by atoms with van der Waals surface area (Å²) in [6.07, 6.45) is 6.27. The highest BCUT2D eigenvalue weighted by atomic mass is 16.3. The standard InChI is InChI=1S/C53H34N4O/c1-3-13-34(14-4-1)44-32-45(56-53(55-44)57-46-21-11-8-17-38(46)39-18-9-12-22-47(39)57)35-25-23-33(24-26-35)37-27-29-48-42(31-37)51-49(58-48)30-28-41-50(51)40-19-7-10-20-43(40)54-52(41)36-15-5-2-6-16-36/h1-23,25,27-32H,24,26H2. The molecule has 5 heteroatoms. The van der Waals surface area contributed by atoms with E-state index in [0.717, 1.165) is 90.3 Å². The summed E-state index contributed by atoms with van der Waals surface area (Å²) in [4.78, 5) is 15.7. The Bertz CT molecular complexity index is 3450. The van der Waals surface area contributed by atoms with Crippen LogP contribution in [0, 0.1) is 0 Å². The molecular weight excluding hydrogens is 709 g/mol. The SMILES string of the molecule is C1=C(c2ccc3oc4ccc5c(-c6ccccc6)nc6ccccc6c5c4c3c2)CCC(c2cc(-c3ccccc3)nc(-n3c4ccccc4c4ccccc43)n2)=C1. The minimum absolute atomic E-state index is 0.673. The van der Waals surface area contributed by atoms with Crippen LogP contribution in [0.2, 0.25) is 0 Å². The monoisotopic (exact) mass is 742 g/mol. The van der Waals surface area contributed by atoms with Crippen LogP contribution in [0.15, 0.2) is 186 Å². The third-order valence-corrected chi connectivity index (χ3v) is 11.8. The first-order chi connectivity index (χ1) is 28.7. The first-order valence-corrected chi connectivity index (χ1v) is 19.8. The number of rotatable bonds is 5. The molecule has 58 heavy (non-hydrogen) atoms. The van der Waals surface area contributed by atoms with Gasteiger partial charge in [0.05, 0.1) is 33.6 Å². The van der Waals surface area contributed by atoms with E-state index in [1.165, 1.54) is 32.9 Å². The van der Waals surface area contributed by atoms with Gasteiger partial charge in [0.2, 0.25) is 5.95 Å². The van der Waals surface area contributed by atoms with Gasteiger partial charge in [0.1, 0.15) is 11.2 Å². The lowest BCUT2D eigenvalue weighted by atomic mass is 9.90. The lowest BCUT2D eigenvalue weighted by molar-refractivity contribution is 0.669. The van der Waals surface area contributed by atoms with Crippen molar-refractivity contribution in [2.24, 2.45) is 0 Å². The number of allylic oxidation sites excluding steroid dienone is 4. The van der Waals surface area contributed by atoms with Crippen LogP contribution in [0.25, 0.3) is 105 Å². The van der Waals surface area contributed by atoms with Gasteiger partial charge in [-0.1, -0.05) is 133 Å². The molecule has 4 heterocycles. The smallest absolute Gasteiger partial charge is 0.235 e. The van der Waals surface area contributed by atoms with Crippen LogP contribution in [0.5, 0.6) is 0 Å². The summed E-state index contributed by atoms with van der Waals surface area (Å²) in [5.41, 5.74) is 13.6. The van der Waals surface area contributed by atoms with E-state index in [2.05, 4.69) is 174 Å². The highest BCUT2D eigenvalue weighted by Gasteiger charge is 2.21. The van der Waals surface area contributed by atoms with Gasteiger partial charge in [-0.3, -0.25) is 4.57 Å². The van der Waals surface area contributed by atoms with E-state index in [1.807, 2.05) is 12.1 Å². The van der Waals surface area contributed by atoms with E-state index in [4.69, 9.17) is 19.4 Å². The van der Waals surface area contributed by atoms with Gasteiger partial charge in [-0.15, -0.1) is 0 Å². The van der Waals surface area contributed by atoms with E-state index >= 15 is 0 Å². The predicted octanol–water partition coefficient (Wildman–Crippen LogP) is 13.8. The molecular formula is C53H34N4O. The molecule has 0 aliphatic heterocycles. The molecule has 1 aliphatic rings. The van der Waals surface area contributed by atoms with Gasteiger partial charge in [0.15, 0.2) is 0 Å². The molecule has 12 rings (SSSR count). The molecule has 7 aromatic carbocycles. The molecule has 0 saturated carbocycles. The maximum absolute atomic E-state index is 6.55. The topological polar surface area (TPSA) is 56.7 Å². The fraction of sp³-hybridized carbons (Fsp3) is 0.0377. The molecule has 0 atom stereocenters. The van der Waals surface area contributed by atoms with Crippen molar-refractivity contribution in [2.45, 2.75) is 12.8 Å². The van der Waals surface area contributed by atoms with Crippen molar-refractivity contribution in [3.63, 3.8) is 0 Å². The third kappa shape index (κ3) is 5.14. The maximum Gasteiger partial charge on any atom is 0.235 e. The average molecular weight is 743 g/mol. The van der Waals surface area contributed by atoms with Crippen molar-refractivity contribution in [2.75, 3.05) is 0 Å². The summed E-state index contributed by atoms with van der Waals surface area (Å²) >= 11 is 0. The second-order valence-corrected chi connectivity index (χ2v) is 15.1. The summed E-state index contributed by atoms with van der Waals surface area (Å²) in [6.45, 7) is 0. The van der Waals surface area contributed by atoms with Gasteiger partial charge < -0.3 is 4.42 Å². The highest BCUT2D eigenvalue weighted by molar-refractivity contribution is 6.28. The maximum atomic E-state index is 6.55. The van der Waals surface area contributed by atoms with Crippen molar-refractivity contribution >= 4 is 76.6 Å². The zero-order valence-corrected chi connectivity index (χ0v) is 31.4. The van der Waals surface area contributed by atoms with Gasteiger partial charge in [-0.05, 0) is 78.1 Å². The van der Waals surface area contributed by atoms with Crippen LogP contribution >= 0.6 is 0 Å². The van der Waals surface area contributed by atoms with Gasteiger partial charge >= 0.3 is 0 Å². The second kappa shape index (κ2) is 13.0. The highest BCUT2D eigenvalue weighted by Crippen LogP contribution is 2.43. The summed E-state index contributed by atoms with van der Waals surface area (Å²) in [5.74, 6) is 0.673. The number of aromatic nitrogens is 4. The number of nitrogens with zero attached hydrogens (tertiary/aromatic N) is 4. The Morgan fingerprint density at radius 2 is 1.03 bits per heavy atom. The lowest BCUT2D eigenvalue weighted by Gasteiger charge is -2.17. The fourth-order valence-corrected chi connectivity index (χ4v) is 9.01. The third-order valence-electron chi connectivity index (χ3n) is 11.8. The van der Waals surface area contributed by atoms with Gasteiger partial charge in [0.25, 0.3) is 0 Å². The summed E-state index contributed by atoms with van der Waals surface area (Å²) in [6, 6.07) is 59.5. The number of para-hydroxylation sites is 3. The molecule has 272 valence electrons. The molecule has 1 aliphatic carbocycles. The van der Waals surface area contributed by atoms with E-state index < -0.39 is 0 Å². The van der Waals surface area contributed by atoms with Gasteiger partial charge in [-0.2, -0.15) is 0 Å². The molecule has 0 fully saturated rings. The normalized spacial score (nSPS) is 13.2. The van der Waals surface area contributed by atoms with Crippen molar-refractivity contribution in [1.82, 2.24) is 19.5 Å². The van der Waals surface area contributed by atoms with E-state index in [9.17, 15) is 0 Å². The number of fused-ring (bicyclic) bond motifs is 10. The van der Waals surface area contributed by atoms with Crippen molar-refractivity contribution in [1.29, 1.82) is 0 Å². The number of benzene rings is 7. The van der Waals surface area contributed by atoms with Crippen LogP contribution in [-0.2, 0) is 0 Å². The number of pyridine rings is 1. The van der Waals surface area contributed by atoms with Crippen molar-refractivity contribution in [3.8, 4) is 28.5 Å².